The van der Waals surface area contributed by atoms with Crippen LogP contribution in [0.5, 0.6) is 0 Å². The summed E-state index contributed by atoms with van der Waals surface area (Å²) in [6.07, 6.45) is 3.45. The van der Waals surface area contributed by atoms with Crippen molar-refractivity contribution in [3.05, 3.63) is 64.3 Å². The average molecular weight is 363 g/mol. The molecule has 0 radical (unpaired) electrons. The number of hydrogen-bond donors (Lipinski definition) is 0. The van der Waals surface area contributed by atoms with E-state index in [1.165, 1.54) is 23.5 Å². The zero-order valence-electron chi connectivity index (χ0n) is 10.6. The predicted molar refractivity (Wildman–Crippen MR) is 77.4 cm³/mol. The van der Waals surface area contributed by atoms with Crippen molar-refractivity contribution in [2.45, 2.75) is 0 Å². The van der Waals surface area contributed by atoms with Crippen molar-refractivity contribution in [1.82, 2.24) is 9.97 Å². The summed E-state index contributed by atoms with van der Waals surface area (Å²) in [5.41, 5.74) is 2.48. The number of pyridine rings is 1. The molecule has 0 bridgehead atoms. The summed E-state index contributed by atoms with van der Waals surface area (Å²) in [5.74, 6) is 0. The van der Waals surface area contributed by atoms with E-state index in [1.807, 2.05) is 23.6 Å². The Kier molecular flexibility index (Phi) is 4.77. The van der Waals surface area contributed by atoms with E-state index in [2.05, 4.69) is 9.97 Å². The fourth-order valence-electron chi connectivity index (χ4n) is 1.81. The highest BCUT2D eigenvalue weighted by molar-refractivity contribution is 7.13. The van der Waals surface area contributed by atoms with Crippen LogP contribution in [0.4, 0.5) is 5.69 Å². The molecule has 0 saturated heterocycles. The van der Waals surface area contributed by atoms with Gasteiger partial charge < -0.3 is 17.0 Å². The predicted octanol–water partition coefficient (Wildman–Crippen LogP) is 0.784. The van der Waals surface area contributed by atoms with Gasteiger partial charge in [0.15, 0.2) is 0 Å². The second-order valence-electron chi connectivity index (χ2n) is 4.09. The molecule has 0 N–H and O–H groups in total. The number of nitro benzene ring substituents is 1. The third-order valence-corrected chi connectivity index (χ3v) is 3.66. The van der Waals surface area contributed by atoms with Gasteiger partial charge in [0.1, 0.15) is 5.01 Å². The summed E-state index contributed by atoms with van der Waals surface area (Å²) in [7, 11) is 0. The van der Waals surface area contributed by atoms with Gasteiger partial charge in [0.2, 0.25) is 0 Å². The molecule has 0 atom stereocenters. The van der Waals surface area contributed by atoms with E-state index in [-0.39, 0.29) is 22.7 Å². The van der Waals surface area contributed by atoms with Gasteiger partial charge >= 0.3 is 0 Å². The van der Waals surface area contributed by atoms with Crippen LogP contribution in [0.2, 0.25) is 0 Å². The van der Waals surface area contributed by atoms with Crippen molar-refractivity contribution in [3.63, 3.8) is 0 Å². The number of non-ortho nitro benzene ring substituents is 1. The first kappa shape index (κ1) is 15.3. The molecule has 0 aliphatic heterocycles. The maximum atomic E-state index is 10.8. The van der Waals surface area contributed by atoms with Gasteiger partial charge in [0.05, 0.1) is 10.6 Å². The second-order valence-corrected chi connectivity index (χ2v) is 4.95. The Labute approximate surface area is 135 Å². The standard InChI is InChI=1S/C14H9N3O2S.BrH/c18-17(19)12-5-1-3-10(7-12)13-9-20-14(16-13)11-4-2-6-15-8-11;/h1-9H;1H/p-1. The van der Waals surface area contributed by atoms with E-state index < -0.39 is 4.92 Å². The molecular weight excluding hydrogens is 354 g/mol. The van der Waals surface area contributed by atoms with E-state index in [9.17, 15) is 10.1 Å². The molecule has 5 nitrogen and oxygen atoms in total. The number of aromatic nitrogens is 2. The molecule has 3 aromatic rings. The van der Waals surface area contributed by atoms with Gasteiger partial charge in [0.25, 0.3) is 5.69 Å². The van der Waals surface area contributed by atoms with Crippen LogP contribution in [0.15, 0.2) is 54.2 Å². The Balaban J connectivity index is 0.00000161. The van der Waals surface area contributed by atoms with Crippen molar-refractivity contribution < 1.29 is 21.9 Å². The first-order chi connectivity index (χ1) is 9.74. The highest BCUT2D eigenvalue weighted by Gasteiger charge is 2.10. The third kappa shape index (κ3) is 3.32. The van der Waals surface area contributed by atoms with Crippen LogP contribution in [0.1, 0.15) is 0 Å². The number of hydrogen-bond acceptors (Lipinski definition) is 5. The smallest absolute Gasteiger partial charge is 0.270 e. The summed E-state index contributed by atoms with van der Waals surface area (Å²) in [6.45, 7) is 0. The van der Waals surface area contributed by atoms with Crippen molar-refractivity contribution in [1.29, 1.82) is 0 Å². The van der Waals surface area contributed by atoms with Crippen LogP contribution in [0.25, 0.3) is 21.8 Å². The van der Waals surface area contributed by atoms with Gasteiger partial charge in [-0.3, -0.25) is 15.1 Å². The van der Waals surface area contributed by atoms with Crippen LogP contribution in [0, 0.1) is 10.1 Å². The summed E-state index contributed by atoms with van der Waals surface area (Å²) >= 11 is 1.49. The molecule has 0 aliphatic carbocycles. The number of nitrogens with zero attached hydrogens (tertiary/aromatic N) is 3. The Morgan fingerprint density at radius 3 is 2.67 bits per heavy atom. The molecular formula is C14H9BrN3O2S-. The molecule has 0 unspecified atom stereocenters. The minimum Gasteiger partial charge on any atom is -1.00 e. The van der Waals surface area contributed by atoms with E-state index in [4.69, 9.17) is 0 Å². The number of rotatable bonds is 3. The number of benzene rings is 1. The highest BCUT2D eigenvalue weighted by atomic mass is 79.9. The Morgan fingerprint density at radius 1 is 1.14 bits per heavy atom. The fourth-order valence-corrected chi connectivity index (χ4v) is 2.63. The topological polar surface area (TPSA) is 68.9 Å². The largest absolute Gasteiger partial charge is 1.00 e. The van der Waals surface area contributed by atoms with Gasteiger partial charge in [-0.05, 0) is 12.1 Å². The molecule has 106 valence electrons. The Morgan fingerprint density at radius 2 is 1.95 bits per heavy atom. The van der Waals surface area contributed by atoms with Gasteiger partial charge in [-0.25, -0.2) is 4.98 Å². The van der Waals surface area contributed by atoms with Crippen molar-refractivity contribution in [2.75, 3.05) is 0 Å². The lowest BCUT2D eigenvalue weighted by molar-refractivity contribution is -0.384. The Bertz CT molecular complexity index is 762. The highest BCUT2D eigenvalue weighted by Crippen LogP contribution is 2.29. The molecule has 0 aliphatic rings. The average Bonchev–Trinajstić information content (AvgIpc) is 2.98. The molecule has 0 amide bonds. The van der Waals surface area contributed by atoms with Crippen molar-refractivity contribution >= 4 is 17.0 Å². The minimum absolute atomic E-state index is 0. The Hall–Kier alpha value is -2.12. The quantitative estimate of drug-likeness (QED) is 0.510. The maximum absolute atomic E-state index is 10.8. The van der Waals surface area contributed by atoms with Crippen LogP contribution in [-0.4, -0.2) is 14.9 Å². The normalized spacial score (nSPS) is 9.90. The maximum Gasteiger partial charge on any atom is 0.270 e. The van der Waals surface area contributed by atoms with Gasteiger partial charge in [0, 0.05) is 41.0 Å². The van der Waals surface area contributed by atoms with Crippen LogP contribution in [-0.2, 0) is 0 Å². The molecule has 7 heteroatoms. The SMILES string of the molecule is O=[N+]([O-])c1cccc(-c2csc(-c3cccnc3)n2)c1.[Br-]. The lowest BCUT2D eigenvalue weighted by atomic mass is 10.1. The summed E-state index contributed by atoms with van der Waals surface area (Å²) in [6, 6.07) is 10.3. The summed E-state index contributed by atoms with van der Waals surface area (Å²) in [4.78, 5) is 19.0. The molecule has 0 saturated carbocycles. The molecule has 0 spiro atoms. The summed E-state index contributed by atoms with van der Waals surface area (Å²) < 4.78 is 0. The molecule has 2 aromatic heterocycles. The zero-order chi connectivity index (χ0) is 13.9. The van der Waals surface area contributed by atoms with Crippen molar-refractivity contribution in [3.8, 4) is 21.8 Å². The zero-order valence-corrected chi connectivity index (χ0v) is 13.0. The number of thiazole rings is 1. The fraction of sp³-hybridized carbons (Fsp3) is 0. The molecule has 3 rings (SSSR count). The van der Waals surface area contributed by atoms with Gasteiger partial charge in [-0.2, -0.15) is 0 Å². The molecule has 2 heterocycles. The molecule has 1 aromatic carbocycles. The van der Waals surface area contributed by atoms with E-state index in [1.54, 1.807) is 18.5 Å². The second kappa shape index (κ2) is 6.55. The number of nitro groups is 1. The lowest BCUT2D eigenvalue weighted by Gasteiger charge is -1.97. The molecule has 0 fully saturated rings. The molecule has 21 heavy (non-hydrogen) atoms. The lowest BCUT2D eigenvalue weighted by Crippen LogP contribution is -3.00. The van der Waals surface area contributed by atoms with Gasteiger partial charge in [-0.15, -0.1) is 11.3 Å². The minimum atomic E-state index is -0.405. The number of halogens is 1. The summed E-state index contributed by atoms with van der Waals surface area (Å²) in [5, 5.41) is 13.5. The van der Waals surface area contributed by atoms with E-state index in [0.717, 1.165) is 21.8 Å². The monoisotopic (exact) mass is 362 g/mol. The first-order valence-corrected chi connectivity index (χ1v) is 6.73. The van der Waals surface area contributed by atoms with E-state index >= 15 is 0 Å². The van der Waals surface area contributed by atoms with E-state index in [0.29, 0.717) is 0 Å². The van der Waals surface area contributed by atoms with Crippen LogP contribution >= 0.6 is 11.3 Å². The van der Waals surface area contributed by atoms with Crippen LogP contribution in [0.3, 0.4) is 0 Å². The van der Waals surface area contributed by atoms with Crippen LogP contribution < -0.4 is 17.0 Å². The van der Waals surface area contributed by atoms with Gasteiger partial charge in [-0.1, -0.05) is 12.1 Å². The van der Waals surface area contributed by atoms with Crippen molar-refractivity contribution in [2.24, 2.45) is 0 Å². The third-order valence-electron chi connectivity index (χ3n) is 2.77. The first-order valence-electron chi connectivity index (χ1n) is 5.85.